The first-order valence-corrected chi connectivity index (χ1v) is 14.0. The number of carboxylic acids is 1. The fourth-order valence-electron chi connectivity index (χ4n) is 4.73. The summed E-state index contributed by atoms with van der Waals surface area (Å²) in [5, 5.41) is 12.7. The van der Waals surface area contributed by atoms with Gasteiger partial charge in [-0.25, -0.2) is 14.8 Å². The van der Waals surface area contributed by atoms with E-state index >= 15 is 4.39 Å². The number of ether oxygens (including phenoxy) is 1. The van der Waals surface area contributed by atoms with E-state index in [0.717, 1.165) is 11.3 Å². The number of nitrogens with one attached hydrogen (secondary N) is 1. The predicted octanol–water partition coefficient (Wildman–Crippen LogP) is 4.12. The highest BCUT2D eigenvalue weighted by Gasteiger charge is 2.39. The molecule has 3 aromatic rings. The topological polar surface area (TPSA) is 119 Å². The first kappa shape index (κ1) is 29.7. The van der Waals surface area contributed by atoms with E-state index in [1.807, 2.05) is 24.4 Å². The van der Waals surface area contributed by atoms with Gasteiger partial charge in [-0.3, -0.25) is 19.2 Å². The molecule has 2 unspecified atom stereocenters. The molecule has 0 aliphatic carbocycles. The summed E-state index contributed by atoms with van der Waals surface area (Å²) in [5.74, 6) is -1.60. The van der Waals surface area contributed by atoms with Crippen LogP contribution in [0.1, 0.15) is 42.7 Å². The number of carbonyl (C=O) groups excluding carboxylic acids is 3. The predicted molar refractivity (Wildman–Crippen MR) is 152 cm³/mol. The molecule has 0 saturated carbocycles. The van der Waals surface area contributed by atoms with E-state index in [-0.39, 0.29) is 25.1 Å². The molecule has 0 radical (unpaired) electrons. The summed E-state index contributed by atoms with van der Waals surface area (Å²) in [6, 6.07) is 13.0. The van der Waals surface area contributed by atoms with Crippen LogP contribution < -0.4 is 20.1 Å². The molecule has 3 amide bonds. The van der Waals surface area contributed by atoms with E-state index in [1.165, 1.54) is 44.3 Å². The molecule has 2 atom stereocenters. The molecule has 1 aliphatic rings. The quantitative estimate of drug-likeness (QED) is 0.204. The second kappa shape index (κ2) is 13.9. The van der Waals surface area contributed by atoms with Crippen molar-refractivity contribution in [3.8, 4) is 5.75 Å². The van der Waals surface area contributed by atoms with E-state index in [2.05, 4.69) is 5.43 Å². The van der Waals surface area contributed by atoms with Crippen molar-refractivity contribution in [3.05, 3.63) is 76.2 Å². The molecule has 10 nitrogen and oxygen atoms in total. The van der Waals surface area contributed by atoms with Crippen LogP contribution >= 0.6 is 11.3 Å². The van der Waals surface area contributed by atoms with Gasteiger partial charge in [0, 0.05) is 24.4 Å². The van der Waals surface area contributed by atoms with Gasteiger partial charge in [0.1, 0.15) is 11.6 Å². The minimum Gasteiger partial charge on any atom is -0.494 e. The molecule has 0 spiro atoms. The molecule has 1 aliphatic heterocycles. The Labute approximate surface area is 240 Å². The summed E-state index contributed by atoms with van der Waals surface area (Å²) < 4.78 is 20.6. The number of anilines is 2. The molecule has 41 heavy (non-hydrogen) atoms. The molecular weight excluding hydrogens is 551 g/mol. The second-order valence-corrected chi connectivity index (χ2v) is 10.5. The van der Waals surface area contributed by atoms with Crippen LogP contribution in [-0.4, -0.2) is 53.9 Å². The van der Waals surface area contributed by atoms with Gasteiger partial charge in [-0.15, -0.1) is 11.3 Å². The normalized spacial score (nSPS) is 15.4. The Kier molecular flexibility index (Phi) is 10.0. The number of aliphatic carboxylic acids is 1. The van der Waals surface area contributed by atoms with Gasteiger partial charge in [-0.2, -0.15) is 0 Å². The number of amides is 3. The zero-order valence-corrected chi connectivity index (χ0v) is 23.3. The van der Waals surface area contributed by atoms with Crippen LogP contribution in [0.15, 0.2) is 60.0 Å². The van der Waals surface area contributed by atoms with Gasteiger partial charge in [-0.1, -0.05) is 25.1 Å². The van der Waals surface area contributed by atoms with E-state index in [1.54, 1.807) is 24.3 Å². The Balaban J connectivity index is 1.55. The molecule has 1 aromatic heterocycles. The van der Waals surface area contributed by atoms with Gasteiger partial charge in [0.2, 0.25) is 18.7 Å². The number of thiophene rings is 1. The Bertz CT molecular complexity index is 1350. The molecule has 2 N–H and O–H groups in total. The summed E-state index contributed by atoms with van der Waals surface area (Å²) in [6.45, 7) is 2.84. The highest BCUT2D eigenvalue weighted by atomic mass is 32.1. The average molecular weight is 583 g/mol. The fraction of sp³-hybridized carbons (Fsp3) is 0.310. The third-order valence-corrected chi connectivity index (χ3v) is 7.60. The number of carboxylic acid groups (broad SMARTS) is 1. The minimum atomic E-state index is -1.11. The lowest BCUT2D eigenvalue weighted by molar-refractivity contribution is -0.139. The van der Waals surface area contributed by atoms with E-state index in [9.17, 15) is 24.3 Å². The van der Waals surface area contributed by atoms with Crippen LogP contribution in [0.5, 0.6) is 5.75 Å². The smallest absolute Gasteiger partial charge is 0.305 e. The van der Waals surface area contributed by atoms with Gasteiger partial charge < -0.3 is 19.6 Å². The fourth-order valence-corrected chi connectivity index (χ4v) is 5.36. The molecule has 216 valence electrons. The van der Waals surface area contributed by atoms with Gasteiger partial charge in [0.25, 0.3) is 0 Å². The number of benzene rings is 2. The van der Waals surface area contributed by atoms with Gasteiger partial charge >= 0.3 is 5.97 Å². The third kappa shape index (κ3) is 7.27. The van der Waals surface area contributed by atoms with Crippen LogP contribution in [0.2, 0.25) is 0 Å². The molecule has 0 bridgehead atoms. The highest BCUT2D eigenvalue weighted by molar-refractivity contribution is 7.09. The van der Waals surface area contributed by atoms with Gasteiger partial charge in [0.05, 0.1) is 36.5 Å². The lowest BCUT2D eigenvalue weighted by atomic mass is 10.00. The lowest BCUT2D eigenvalue weighted by Gasteiger charge is -2.32. The first-order chi connectivity index (χ1) is 19.8. The summed E-state index contributed by atoms with van der Waals surface area (Å²) in [7, 11) is 0. The molecular formula is C29H31FN4O6S. The monoisotopic (exact) mass is 582 g/mol. The van der Waals surface area contributed by atoms with Crippen LogP contribution in [0.3, 0.4) is 0 Å². The second-order valence-electron chi connectivity index (χ2n) is 9.47. The SMILES string of the molecule is CCCOc1ccc(C(CC(=O)O)N(C=O)C2CC(=O)N(c3cc(N(C=O)NCc4cccs4)ccc3F)C2)cc1. The van der Waals surface area contributed by atoms with Crippen molar-refractivity contribution in [3.63, 3.8) is 0 Å². The number of hydrogen-bond donors (Lipinski definition) is 2. The molecule has 12 heteroatoms. The van der Waals surface area contributed by atoms with Crippen molar-refractivity contribution in [2.45, 2.75) is 44.8 Å². The van der Waals surface area contributed by atoms with Crippen molar-refractivity contribution >= 4 is 47.4 Å². The standard InChI is InChI=1S/C29H31FN4O6S/c1-2-11-40-23-8-5-20(6-9-23)26(15-29(38)39)33(18-35)22-14-28(37)32(17-22)27-13-21(7-10-25(27)30)34(19-36)31-16-24-4-3-12-41-24/h3-10,12-13,18-19,22,26,31H,2,11,14-17H2,1H3,(H,38,39). The third-order valence-electron chi connectivity index (χ3n) is 6.72. The maximum Gasteiger partial charge on any atom is 0.305 e. The Morgan fingerprint density at radius 1 is 1.22 bits per heavy atom. The number of halogens is 1. The van der Waals surface area contributed by atoms with E-state index in [4.69, 9.17) is 4.74 Å². The number of hydrogen-bond acceptors (Lipinski definition) is 7. The summed E-state index contributed by atoms with van der Waals surface area (Å²) in [5.41, 5.74) is 3.82. The van der Waals surface area contributed by atoms with Crippen molar-refractivity contribution in [2.75, 3.05) is 23.1 Å². The summed E-state index contributed by atoms with van der Waals surface area (Å²) >= 11 is 1.52. The Morgan fingerprint density at radius 3 is 2.63 bits per heavy atom. The largest absolute Gasteiger partial charge is 0.494 e. The van der Waals surface area contributed by atoms with Crippen LogP contribution in [0.4, 0.5) is 15.8 Å². The summed E-state index contributed by atoms with van der Waals surface area (Å²) in [6.07, 6.45) is 1.42. The average Bonchev–Trinajstić information content (AvgIpc) is 3.63. The molecule has 4 rings (SSSR count). The molecule has 2 heterocycles. The van der Waals surface area contributed by atoms with E-state index < -0.39 is 29.8 Å². The molecule has 2 aromatic carbocycles. The first-order valence-electron chi connectivity index (χ1n) is 13.1. The minimum absolute atomic E-state index is 0.0437. The number of carbonyl (C=O) groups is 4. The highest BCUT2D eigenvalue weighted by Crippen LogP contribution is 2.34. The molecule has 1 saturated heterocycles. The molecule has 1 fully saturated rings. The zero-order valence-electron chi connectivity index (χ0n) is 22.4. The lowest BCUT2D eigenvalue weighted by Crippen LogP contribution is -2.40. The number of hydrazine groups is 1. The number of nitrogens with zero attached hydrogens (tertiary/aromatic N) is 3. The van der Waals surface area contributed by atoms with Gasteiger partial charge in [-0.05, 0) is 53.8 Å². The summed E-state index contributed by atoms with van der Waals surface area (Å²) in [4.78, 5) is 52.5. The van der Waals surface area contributed by atoms with Crippen LogP contribution in [-0.2, 0) is 25.7 Å². The van der Waals surface area contributed by atoms with Crippen molar-refractivity contribution in [1.82, 2.24) is 10.3 Å². The van der Waals surface area contributed by atoms with Crippen molar-refractivity contribution in [1.29, 1.82) is 0 Å². The van der Waals surface area contributed by atoms with Gasteiger partial charge in [0.15, 0.2) is 0 Å². The van der Waals surface area contributed by atoms with Crippen molar-refractivity contribution < 1.29 is 33.4 Å². The van der Waals surface area contributed by atoms with Crippen LogP contribution in [0.25, 0.3) is 0 Å². The van der Waals surface area contributed by atoms with E-state index in [0.29, 0.717) is 43.0 Å². The number of rotatable bonds is 15. The Hall–Kier alpha value is -4.29. The zero-order chi connectivity index (χ0) is 29.4. The van der Waals surface area contributed by atoms with Crippen molar-refractivity contribution in [2.24, 2.45) is 0 Å². The maximum absolute atomic E-state index is 15.0. The maximum atomic E-state index is 15.0. The Morgan fingerprint density at radius 2 is 2.00 bits per heavy atom. The van der Waals surface area contributed by atoms with Crippen LogP contribution in [0, 0.1) is 5.82 Å².